The second-order valence-corrected chi connectivity index (χ2v) is 7.66. The third-order valence-corrected chi connectivity index (χ3v) is 5.95. The zero-order valence-electron chi connectivity index (χ0n) is 13.9. The molecule has 0 saturated heterocycles. The zero-order chi connectivity index (χ0) is 16.9. The number of aryl methyl sites for hydroxylation is 2. The van der Waals surface area contributed by atoms with Gasteiger partial charge in [-0.05, 0) is 30.2 Å². The maximum atomic E-state index is 12.2. The summed E-state index contributed by atoms with van der Waals surface area (Å²) in [5.41, 5.74) is 2.48. The molecule has 0 aliphatic rings. The number of nitrogens with zero attached hydrogens (tertiary/aromatic N) is 2. The quantitative estimate of drug-likeness (QED) is 0.635. The van der Waals surface area contributed by atoms with Crippen LogP contribution in [0.2, 0.25) is 0 Å². The lowest BCUT2D eigenvalue weighted by molar-refractivity contribution is -0.117. The zero-order valence-corrected chi connectivity index (χ0v) is 15.5. The van der Waals surface area contributed by atoms with Crippen molar-refractivity contribution in [1.29, 1.82) is 0 Å². The molecule has 0 radical (unpaired) electrons. The Morgan fingerprint density at radius 1 is 1.17 bits per heavy atom. The highest BCUT2D eigenvalue weighted by atomic mass is 32.2. The van der Waals surface area contributed by atoms with Gasteiger partial charge in [0.15, 0.2) is 4.80 Å². The SMILES string of the molecule is CCc1cccc2sc(=NC(=O)CCSc3ccccc3)n(C)c12. The van der Waals surface area contributed by atoms with Gasteiger partial charge in [-0.2, -0.15) is 4.99 Å². The Morgan fingerprint density at radius 3 is 2.71 bits per heavy atom. The highest BCUT2D eigenvalue weighted by Gasteiger charge is 2.08. The van der Waals surface area contributed by atoms with Crippen molar-refractivity contribution in [3.63, 3.8) is 0 Å². The first-order valence-corrected chi connectivity index (χ1v) is 9.82. The maximum absolute atomic E-state index is 12.2. The van der Waals surface area contributed by atoms with Crippen LogP contribution in [0.4, 0.5) is 0 Å². The molecule has 0 unspecified atom stereocenters. The predicted octanol–water partition coefficient (Wildman–Crippen LogP) is 4.41. The van der Waals surface area contributed by atoms with Crippen molar-refractivity contribution in [3.8, 4) is 0 Å². The van der Waals surface area contributed by atoms with Crippen LogP contribution < -0.4 is 4.80 Å². The number of thiazole rings is 1. The Kier molecular flexibility index (Phi) is 5.53. The van der Waals surface area contributed by atoms with Crippen molar-refractivity contribution in [3.05, 3.63) is 58.9 Å². The first kappa shape index (κ1) is 17.0. The van der Waals surface area contributed by atoms with Gasteiger partial charge in [-0.25, -0.2) is 0 Å². The fourth-order valence-corrected chi connectivity index (χ4v) is 4.56. The van der Waals surface area contributed by atoms with Crippen molar-refractivity contribution in [2.24, 2.45) is 12.0 Å². The van der Waals surface area contributed by atoms with Crippen LogP contribution in [0.15, 0.2) is 58.4 Å². The average molecular weight is 357 g/mol. The summed E-state index contributed by atoms with van der Waals surface area (Å²) in [6.45, 7) is 2.15. The van der Waals surface area contributed by atoms with Crippen molar-refractivity contribution in [2.45, 2.75) is 24.7 Å². The standard InChI is InChI=1S/C19H20N2OS2/c1-3-14-8-7-11-16-18(14)21(2)19(24-16)20-17(22)12-13-23-15-9-5-4-6-10-15/h4-11H,3,12-13H2,1-2H3. The van der Waals surface area contributed by atoms with E-state index in [1.807, 2.05) is 29.8 Å². The number of fused-ring (bicyclic) bond motifs is 1. The first-order valence-electron chi connectivity index (χ1n) is 8.02. The Hall–Kier alpha value is -1.85. The van der Waals surface area contributed by atoms with E-state index in [0.717, 1.165) is 17.0 Å². The molecule has 5 heteroatoms. The molecule has 0 aliphatic heterocycles. The summed E-state index contributed by atoms with van der Waals surface area (Å²) in [5, 5.41) is 0. The van der Waals surface area contributed by atoms with Crippen LogP contribution in [-0.4, -0.2) is 16.2 Å². The molecule has 3 aromatic rings. The van der Waals surface area contributed by atoms with Gasteiger partial charge < -0.3 is 4.57 Å². The molecule has 1 aromatic heterocycles. The fourth-order valence-electron chi connectivity index (χ4n) is 2.61. The van der Waals surface area contributed by atoms with Gasteiger partial charge in [-0.1, -0.05) is 48.6 Å². The van der Waals surface area contributed by atoms with E-state index in [1.54, 1.807) is 23.1 Å². The molecule has 124 valence electrons. The molecular formula is C19H20N2OS2. The van der Waals surface area contributed by atoms with E-state index < -0.39 is 0 Å². The molecule has 1 heterocycles. The molecule has 0 atom stereocenters. The number of carbonyl (C=O) groups is 1. The minimum atomic E-state index is -0.0568. The third kappa shape index (κ3) is 3.79. The molecule has 24 heavy (non-hydrogen) atoms. The summed E-state index contributed by atoms with van der Waals surface area (Å²) < 4.78 is 3.23. The smallest absolute Gasteiger partial charge is 0.249 e. The van der Waals surface area contributed by atoms with E-state index in [0.29, 0.717) is 6.42 Å². The van der Waals surface area contributed by atoms with Gasteiger partial charge in [0, 0.05) is 24.1 Å². The maximum Gasteiger partial charge on any atom is 0.249 e. The summed E-state index contributed by atoms with van der Waals surface area (Å²) in [6, 6.07) is 16.4. The number of aromatic nitrogens is 1. The Morgan fingerprint density at radius 2 is 1.96 bits per heavy atom. The highest BCUT2D eigenvalue weighted by molar-refractivity contribution is 7.99. The van der Waals surface area contributed by atoms with Gasteiger partial charge in [0.1, 0.15) is 0 Å². The summed E-state index contributed by atoms with van der Waals surface area (Å²) in [4.78, 5) is 18.5. The van der Waals surface area contributed by atoms with Crippen molar-refractivity contribution >= 4 is 39.2 Å². The number of rotatable bonds is 5. The van der Waals surface area contributed by atoms with Crippen LogP contribution in [0.25, 0.3) is 10.2 Å². The van der Waals surface area contributed by atoms with Crippen LogP contribution in [0, 0.1) is 0 Å². The summed E-state index contributed by atoms with van der Waals surface area (Å²) in [7, 11) is 1.99. The molecule has 1 amide bonds. The number of carbonyl (C=O) groups excluding carboxylic acids is 1. The normalized spacial score (nSPS) is 12.0. The van der Waals surface area contributed by atoms with Crippen molar-refractivity contribution in [1.82, 2.24) is 4.57 Å². The second kappa shape index (κ2) is 7.81. The molecule has 0 bridgehead atoms. The van der Waals surface area contributed by atoms with Crippen LogP contribution >= 0.6 is 23.1 Å². The van der Waals surface area contributed by atoms with Crippen LogP contribution in [-0.2, 0) is 18.3 Å². The van der Waals surface area contributed by atoms with Crippen LogP contribution in [0.3, 0.4) is 0 Å². The topological polar surface area (TPSA) is 34.4 Å². The van der Waals surface area contributed by atoms with E-state index in [-0.39, 0.29) is 5.91 Å². The molecule has 0 saturated carbocycles. The molecular weight excluding hydrogens is 336 g/mol. The number of benzene rings is 2. The largest absolute Gasteiger partial charge is 0.319 e. The van der Waals surface area contributed by atoms with Crippen molar-refractivity contribution < 1.29 is 4.79 Å². The van der Waals surface area contributed by atoms with Crippen LogP contribution in [0.5, 0.6) is 0 Å². The number of amides is 1. The Balaban J connectivity index is 1.75. The summed E-state index contributed by atoms with van der Waals surface area (Å²) in [6.07, 6.45) is 1.43. The van der Waals surface area contributed by atoms with Gasteiger partial charge in [0.25, 0.3) is 0 Å². The number of para-hydroxylation sites is 1. The molecule has 0 fully saturated rings. The molecule has 2 aromatic carbocycles. The lowest BCUT2D eigenvalue weighted by Crippen LogP contribution is -2.14. The van der Waals surface area contributed by atoms with E-state index in [4.69, 9.17) is 0 Å². The Bertz CT molecular complexity index is 910. The van der Waals surface area contributed by atoms with Crippen molar-refractivity contribution in [2.75, 3.05) is 5.75 Å². The van der Waals surface area contributed by atoms with E-state index in [2.05, 4.69) is 42.2 Å². The summed E-state index contributed by atoms with van der Waals surface area (Å²) in [5.74, 6) is 0.694. The molecule has 0 aliphatic carbocycles. The van der Waals surface area contributed by atoms with Gasteiger partial charge in [-0.3, -0.25) is 4.79 Å². The second-order valence-electron chi connectivity index (χ2n) is 5.48. The molecule has 0 spiro atoms. The lowest BCUT2D eigenvalue weighted by Gasteiger charge is -2.02. The number of hydrogen-bond donors (Lipinski definition) is 0. The van der Waals surface area contributed by atoms with E-state index >= 15 is 0 Å². The highest BCUT2D eigenvalue weighted by Crippen LogP contribution is 2.21. The minimum absolute atomic E-state index is 0.0568. The molecule has 0 N–H and O–H groups in total. The van der Waals surface area contributed by atoms with E-state index in [9.17, 15) is 4.79 Å². The van der Waals surface area contributed by atoms with Crippen LogP contribution in [0.1, 0.15) is 18.9 Å². The lowest BCUT2D eigenvalue weighted by atomic mass is 10.1. The fraction of sp³-hybridized carbons (Fsp3) is 0.263. The number of thioether (sulfide) groups is 1. The van der Waals surface area contributed by atoms with Gasteiger partial charge in [-0.15, -0.1) is 11.8 Å². The minimum Gasteiger partial charge on any atom is -0.319 e. The van der Waals surface area contributed by atoms with Gasteiger partial charge in [0.05, 0.1) is 10.2 Å². The predicted molar refractivity (Wildman–Crippen MR) is 103 cm³/mol. The first-order chi connectivity index (χ1) is 11.7. The number of hydrogen-bond acceptors (Lipinski definition) is 3. The average Bonchev–Trinajstić information content (AvgIpc) is 2.92. The molecule has 3 nitrogen and oxygen atoms in total. The monoisotopic (exact) mass is 356 g/mol. The Labute approximate surface area is 150 Å². The molecule has 3 rings (SSSR count). The van der Waals surface area contributed by atoms with Gasteiger partial charge >= 0.3 is 0 Å². The van der Waals surface area contributed by atoms with Gasteiger partial charge in [0.2, 0.25) is 5.91 Å². The third-order valence-electron chi connectivity index (χ3n) is 3.84. The summed E-state index contributed by atoms with van der Waals surface area (Å²) >= 11 is 3.27. The van der Waals surface area contributed by atoms with E-state index in [1.165, 1.54) is 20.7 Å².